The van der Waals surface area contributed by atoms with E-state index in [1.54, 1.807) is 29.0 Å². The molecule has 8 nitrogen and oxygen atoms in total. The second kappa shape index (κ2) is 7.03. The molecule has 148 valence electrons. The number of imidazole rings is 1. The van der Waals surface area contributed by atoms with E-state index in [9.17, 15) is 9.18 Å². The minimum atomic E-state index is -0.893. The molecule has 3 heterocycles. The third-order valence-corrected chi connectivity index (χ3v) is 5.02. The molecule has 0 saturated heterocycles. The summed E-state index contributed by atoms with van der Waals surface area (Å²) in [6, 6.07) is 13.0. The van der Waals surface area contributed by atoms with Crippen molar-refractivity contribution in [3.8, 4) is 0 Å². The molecule has 2 aromatic carbocycles. The van der Waals surface area contributed by atoms with Gasteiger partial charge >= 0.3 is 0 Å². The van der Waals surface area contributed by atoms with E-state index < -0.39 is 11.9 Å². The van der Waals surface area contributed by atoms with E-state index in [0.29, 0.717) is 34.3 Å². The molecule has 0 bridgehead atoms. The zero-order chi connectivity index (χ0) is 20.7. The first-order chi connectivity index (χ1) is 14.7. The average molecular weight is 401 g/mol. The predicted octanol–water partition coefficient (Wildman–Crippen LogP) is 3.38. The summed E-state index contributed by atoms with van der Waals surface area (Å²) in [5, 5.41) is 0. The number of H-pyrrole nitrogens is 1. The molecule has 1 atom stereocenters. The Bertz CT molecular complexity index is 1270. The summed E-state index contributed by atoms with van der Waals surface area (Å²) in [6.45, 7) is 0. The number of carbonyl (C=O) groups excluding carboxylic acids is 1. The van der Waals surface area contributed by atoms with Gasteiger partial charge in [0.15, 0.2) is 17.0 Å². The Morgan fingerprint density at radius 1 is 1.10 bits per heavy atom. The summed E-state index contributed by atoms with van der Waals surface area (Å²) in [5.41, 5.74) is 2.47. The molecule has 1 aliphatic heterocycles. The molecule has 0 radical (unpaired) electrons. The summed E-state index contributed by atoms with van der Waals surface area (Å²) in [5.74, 6) is 0.442. The number of carbonyl (C=O) groups is 1. The van der Waals surface area contributed by atoms with Gasteiger partial charge in [-0.15, -0.1) is 0 Å². The van der Waals surface area contributed by atoms with Crippen molar-refractivity contribution >= 4 is 40.6 Å². The molecule has 30 heavy (non-hydrogen) atoms. The zero-order valence-electron chi connectivity index (χ0n) is 15.9. The monoisotopic (exact) mass is 401 g/mol. The molecule has 0 spiro atoms. The van der Waals surface area contributed by atoms with Crippen molar-refractivity contribution in [2.75, 3.05) is 16.8 Å². The van der Waals surface area contributed by atoms with Crippen molar-refractivity contribution < 1.29 is 9.18 Å². The van der Waals surface area contributed by atoms with E-state index in [1.165, 1.54) is 18.7 Å². The lowest BCUT2D eigenvalue weighted by atomic mass is 10.0. The second-order valence-corrected chi connectivity index (χ2v) is 6.73. The van der Waals surface area contributed by atoms with Crippen molar-refractivity contribution in [2.45, 2.75) is 6.04 Å². The number of halogens is 1. The van der Waals surface area contributed by atoms with Crippen LogP contribution >= 0.6 is 0 Å². The molecule has 1 aliphatic rings. The lowest BCUT2D eigenvalue weighted by molar-refractivity contribution is -0.109. The van der Waals surface area contributed by atoms with E-state index >= 15 is 0 Å². The molecule has 0 aliphatic carbocycles. The molecule has 1 unspecified atom stereocenters. The van der Waals surface area contributed by atoms with Gasteiger partial charge < -0.3 is 9.78 Å². The van der Waals surface area contributed by atoms with E-state index in [0.717, 1.165) is 6.29 Å². The molecule has 2 aromatic heterocycles. The summed E-state index contributed by atoms with van der Waals surface area (Å²) in [4.78, 5) is 36.1. The topological polar surface area (TPSA) is 90.4 Å². The molecule has 4 aromatic rings. The van der Waals surface area contributed by atoms with E-state index in [2.05, 4.69) is 19.9 Å². The Labute approximate surface area is 170 Å². The summed E-state index contributed by atoms with van der Waals surface area (Å²) in [7, 11) is 1.78. The van der Waals surface area contributed by atoms with Gasteiger partial charge in [0.05, 0.1) is 12.0 Å². The van der Waals surface area contributed by atoms with E-state index in [-0.39, 0.29) is 5.56 Å². The minimum Gasteiger partial charge on any atom is -0.329 e. The molecule has 0 fully saturated rings. The van der Waals surface area contributed by atoms with Crippen LogP contribution in [0.4, 0.5) is 21.6 Å². The van der Waals surface area contributed by atoms with Crippen LogP contribution in [-0.4, -0.2) is 39.2 Å². The van der Waals surface area contributed by atoms with Gasteiger partial charge in [0.2, 0.25) is 5.96 Å². The highest BCUT2D eigenvalue weighted by Crippen LogP contribution is 2.39. The van der Waals surface area contributed by atoms with Crippen molar-refractivity contribution in [2.24, 2.45) is 4.99 Å². The fraction of sp³-hybridized carbons (Fsp3) is 0.0952. The number of guanidine groups is 1. The minimum absolute atomic E-state index is 0.237. The van der Waals surface area contributed by atoms with Crippen molar-refractivity contribution in [1.82, 2.24) is 19.9 Å². The fourth-order valence-corrected chi connectivity index (χ4v) is 3.65. The van der Waals surface area contributed by atoms with Crippen LogP contribution in [0.1, 0.15) is 11.6 Å². The molecule has 0 amide bonds. The maximum atomic E-state index is 14.7. The highest BCUT2D eigenvalue weighted by atomic mass is 19.1. The normalized spacial score (nSPS) is 15.6. The molecular formula is C21H16FN7O. The largest absolute Gasteiger partial charge is 0.329 e. The first-order valence-electron chi connectivity index (χ1n) is 9.23. The number of fused-ring (bicyclic) bond motifs is 2. The smallest absolute Gasteiger partial charge is 0.212 e. The number of para-hydroxylation sites is 1. The SMILES string of the molecule is CN(C1=Nc2cccc(F)c2C(C=O)N1c1ccccc1)c1ncnc2[nH]cnc12. The fourth-order valence-electron chi connectivity index (χ4n) is 3.65. The number of aliphatic imine (C=N–C) groups is 1. The van der Waals surface area contributed by atoms with Gasteiger partial charge in [0.25, 0.3) is 0 Å². The lowest BCUT2D eigenvalue weighted by Gasteiger charge is -2.38. The summed E-state index contributed by atoms with van der Waals surface area (Å²) < 4.78 is 14.7. The van der Waals surface area contributed by atoms with Gasteiger partial charge in [-0.3, -0.25) is 9.80 Å². The predicted molar refractivity (Wildman–Crippen MR) is 111 cm³/mol. The van der Waals surface area contributed by atoms with Gasteiger partial charge in [0.1, 0.15) is 24.5 Å². The van der Waals surface area contributed by atoms with Crippen LogP contribution in [0, 0.1) is 5.82 Å². The van der Waals surface area contributed by atoms with Crippen molar-refractivity contribution in [1.29, 1.82) is 0 Å². The molecule has 0 saturated carbocycles. The number of hydrogen-bond donors (Lipinski definition) is 1. The Morgan fingerprint density at radius 2 is 1.93 bits per heavy atom. The number of nitrogens with one attached hydrogen (secondary N) is 1. The first kappa shape index (κ1) is 17.9. The number of aromatic nitrogens is 4. The number of anilines is 2. The number of benzene rings is 2. The maximum Gasteiger partial charge on any atom is 0.212 e. The van der Waals surface area contributed by atoms with Crippen LogP contribution in [-0.2, 0) is 4.79 Å². The highest BCUT2D eigenvalue weighted by Gasteiger charge is 2.36. The van der Waals surface area contributed by atoms with Crippen molar-refractivity contribution in [3.63, 3.8) is 0 Å². The zero-order valence-corrected chi connectivity index (χ0v) is 15.9. The van der Waals surface area contributed by atoms with Crippen molar-refractivity contribution in [3.05, 3.63) is 72.6 Å². The summed E-state index contributed by atoms with van der Waals surface area (Å²) in [6.07, 6.45) is 3.68. The van der Waals surface area contributed by atoms with Crippen LogP contribution < -0.4 is 9.80 Å². The van der Waals surface area contributed by atoms with E-state index in [1.807, 2.05) is 30.3 Å². The Balaban J connectivity index is 1.74. The number of aldehydes is 1. The van der Waals surface area contributed by atoms with Crippen LogP contribution in [0.15, 0.2) is 66.2 Å². The van der Waals surface area contributed by atoms with Crippen LogP contribution in [0.3, 0.4) is 0 Å². The molecular weight excluding hydrogens is 385 g/mol. The average Bonchev–Trinajstić information content (AvgIpc) is 3.27. The molecule has 5 rings (SSSR count). The highest BCUT2D eigenvalue weighted by molar-refractivity contribution is 6.13. The maximum absolute atomic E-state index is 14.7. The Morgan fingerprint density at radius 3 is 2.73 bits per heavy atom. The first-order valence-corrected chi connectivity index (χ1v) is 9.23. The van der Waals surface area contributed by atoms with Gasteiger partial charge in [-0.05, 0) is 24.3 Å². The number of nitrogens with zero attached hydrogens (tertiary/aromatic N) is 6. The Hall–Kier alpha value is -4.14. The van der Waals surface area contributed by atoms with Gasteiger partial charge in [-0.1, -0.05) is 24.3 Å². The lowest BCUT2D eigenvalue weighted by Crippen LogP contribution is -2.47. The van der Waals surface area contributed by atoms with Crippen LogP contribution in [0.25, 0.3) is 11.2 Å². The Kier molecular flexibility index (Phi) is 4.20. The van der Waals surface area contributed by atoms with Gasteiger partial charge in [0, 0.05) is 18.3 Å². The molecule has 9 heteroatoms. The number of hydrogen-bond acceptors (Lipinski definition) is 7. The third kappa shape index (κ3) is 2.71. The number of rotatable bonds is 3. The quantitative estimate of drug-likeness (QED) is 0.530. The second-order valence-electron chi connectivity index (χ2n) is 6.73. The number of aromatic amines is 1. The van der Waals surface area contributed by atoms with Crippen LogP contribution in [0.2, 0.25) is 0 Å². The third-order valence-electron chi connectivity index (χ3n) is 5.02. The van der Waals surface area contributed by atoms with Crippen LogP contribution in [0.5, 0.6) is 0 Å². The van der Waals surface area contributed by atoms with E-state index in [4.69, 9.17) is 4.99 Å². The standard InChI is InChI=1S/C21H16FN7O/c1-28(20-18-19(24-11-23-18)25-12-26-20)21-27-15-9-5-8-14(22)17(15)16(10-30)29(21)13-6-3-2-4-7-13/h2-12,16H,1H3,(H,23,24,25,26). The molecule has 1 N–H and O–H groups in total. The summed E-state index contributed by atoms with van der Waals surface area (Å²) >= 11 is 0. The van der Waals surface area contributed by atoms with Gasteiger partial charge in [-0.25, -0.2) is 24.3 Å². The van der Waals surface area contributed by atoms with Gasteiger partial charge in [-0.2, -0.15) is 0 Å².